The van der Waals surface area contributed by atoms with E-state index in [0.29, 0.717) is 19.5 Å². The number of para-hydroxylation sites is 1. The molecule has 2 unspecified atom stereocenters. The van der Waals surface area contributed by atoms with Crippen molar-refractivity contribution in [3.8, 4) is 0 Å². The molecule has 1 aromatic carbocycles. The smallest absolute Gasteiger partial charge is 0.289 e. The number of nitro groups is 1. The summed E-state index contributed by atoms with van der Waals surface area (Å²) in [6.07, 6.45) is 1.59. The van der Waals surface area contributed by atoms with Crippen LogP contribution in [0.1, 0.15) is 19.8 Å². The molecule has 1 fully saturated rings. The van der Waals surface area contributed by atoms with E-state index < -0.39 is 14.9 Å². The van der Waals surface area contributed by atoms with Gasteiger partial charge in [-0.15, -0.1) is 12.4 Å². The van der Waals surface area contributed by atoms with Crippen LogP contribution in [-0.2, 0) is 10.0 Å². The predicted octanol–water partition coefficient (Wildman–Crippen LogP) is 1.76. The normalized spacial score (nSPS) is 20.9. The number of nitrogens with zero attached hydrogens (tertiary/aromatic N) is 2. The van der Waals surface area contributed by atoms with Crippen LogP contribution in [0, 0.1) is 16.0 Å². The van der Waals surface area contributed by atoms with Crippen LogP contribution in [0.15, 0.2) is 29.2 Å². The highest BCUT2D eigenvalue weighted by Crippen LogP contribution is 2.29. The lowest BCUT2D eigenvalue weighted by Crippen LogP contribution is -2.45. The van der Waals surface area contributed by atoms with Gasteiger partial charge in [0.05, 0.1) is 4.92 Å². The molecule has 1 saturated heterocycles. The molecule has 0 amide bonds. The number of rotatable bonds is 4. The Balaban J connectivity index is 0.00000242. The Morgan fingerprint density at radius 1 is 1.41 bits per heavy atom. The molecule has 0 aromatic heterocycles. The third-order valence-electron chi connectivity index (χ3n) is 3.84. The molecule has 0 radical (unpaired) electrons. The zero-order chi connectivity index (χ0) is 15.6. The first-order valence-electron chi connectivity index (χ1n) is 6.83. The van der Waals surface area contributed by atoms with Gasteiger partial charge in [-0.25, -0.2) is 8.42 Å². The molecule has 1 aliphatic rings. The lowest BCUT2D eigenvalue weighted by atomic mass is 9.93. The molecule has 22 heavy (non-hydrogen) atoms. The van der Waals surface area contributed by atoms with E-state index in [1.165, 1.54) is 28.6 Å². The Hall–Kier alpha value is -1.22. The Bertz CT molecular complexity index is 636. The van der Waals surface area contributed by atoms with Crippen molar-refractivity contribution in [1.29, 1.82) is 0 Å². The van der Waals surface area contributed by atoms with Gasteiger partial charge < -0.3 is 5.73 Å². The zero-order valence-electron chi connectivity index (χ0n) is 12.2. The van der Waals surface area contributed by atoms with E-state index in [0.717, 1.165) is 6.42 Å². The van der Waals surface area contributed by atoms with Crippen molar-refractivity contribution >= 4 is 28.1 Å². The fraction of sp³-hybridized carbons (Fsp3) is 0.538. The van der Waals surface area contributed by atoms with Crippen LogP contribution in [-0.4, -0.2) is 36.8 Å². The first-order chi connectivity index (χ1) is 9.84. The Labute approximate surface area is 136 Å². The van der Waals surface area contributed by atoms with Crippen LogP contribution in [0.25, 0.3) is 0 Å². The van der Waals surface area contributed by atoms with Gasteiger partial charge in [0, 0.05) is 25.2 Å². The fourth-order valence-corrected chi connectivity index (χ4v) is 4.28. The highest BCUT2D eigenvalue weighted by molar-refractivity contribution is 7.89. The third-order valence-corrected chi connectivity index (χ3v) is 5.76. The number of benzene rings is 1. The van der Waals surface area contributed by atoms with Gasteiger partial charge >= 0.3 is 0 Å². The summed E-state index contributed by atoms with van der Waals surface area (Å²) in [5, 5.41) is 11.0. The monoisotopic (exact) mass is 349 g/mol. The fourth-order valence-electron chi connectivity index (χ4n) is 2.59. The van der Waals surface area contributed by atoms with Gasteiger partial charge in [-0.2, -0.15) is 4.31 Å². The van der Waals surface area contributed by atoms with Crippen molar-refractivity contribution in [2.75, 3.05) is 13.1 Å². The van der Waals surface area contributed by atoms with E-state index in [4.69, 9.17) is 5.73 Å². The van der Waals surface area contributed by atoms with Gasteiger partial charge in [0.2, 0.25) is 10.0 Å². The molecule has 2 N–H and O–H groups in total. The Kier molecular flexibility index (Phi) is 6.30. The quantitative estimate of drug-likeness (QED) is 0.658. The molecule has 2 atom stereocenters. The van der Waals surface area contributed by atoms with E-state index in [9.17, 15) is 18.5 Å². The molecule has 0 aliphatic carbocycles. The molecule has 1 aliphatic heterocycles. The molecular formula is C13H20ClN3O4S. The average molecular weight is 350 g/mol. The zero-order valence-corrected chi connectivity index (χ0v) is 13.8. The molecule has 0 spiro atoms. The van der Waals surface area contributed by atoms with Crippen LogP contribution in [0.4, 0.5) is 5.69 Å². The first-order valence-corrected chi connectivity index (χ1v) is 8.27. The Morgan fingerprint density at radius 2 is 2.05 bits per heavy atom. The van der Waals surface area contributed by atoms with Crippen molar-refractivity contribution < 1.29 is 13.3 Å². The summed E-state index contributed by atoms with van der Waals surface area (Å²) >= 11 is 0. The summed E-state index contributed by atoms with van der Waals surface area (Å²) in [5.41, 5.74) is 5.47. The predicted molar refractivity (Wildman–Crippen MR) is 85.5 cm³/mol. The van der Waals surface area contributed by atoms with Crippen LogP contribution < -0.4 is 5.73 Å². The topological polar surface area (TPSA) is 107 Å². The highest BCUT2D eigenvalue weighted by Gasteiger charge is 2.35. The maximum Gasteiger partial charge on any atom is 0.289 e. The summed E-state index contributed by atoms with van der Waals surface area (Å²) in [6, 6.07) is 5.34. The largest absolute Gasteiger partial charge is 0.328 e. The summed E-state index contributed by atoms with van der Waals surface area (Å²) in [6.45, 7) is 2.54. The minimum atomic E-state index is -3.87. The molecule has 2 rings (SSSR count). The SMILES string of the molecule is CC(N)C1CCCN(S(=O)(=O)c2ccccc2[N+](=O)[O-])C1.Cl. The van der Waals surface area contributed by atoms with Crippen LogP contribution in [0.5, 0.6) is 0 Å². The number of hydrogen-bond donors (Lipinski definition) is 1. The minimum absolute atomic E-state index is 0. The molecule has 7 nitrogen and oxygen atoms in total. The van der Waals surface area contributed by atoms with Gasteiger partial charge in [-0.1, -0.05) is 12.1 Å². The molecule has 9 heteroatoms. The summed E-state index contributed by atoms with van der Waals surface area (Å²) in [4.78, 5) is 10.1. The van der Waals surface area contributed by atoms with E-state index in [2.05, 4.69) is 0 Å². The maximum atomic E-state index is 12.7. The van der Waals surface area contributed by atoms with Gasteiger partial charge in [-0.3, -0.25) is 10.1 Å². The number of nitrogens with two attached hydrogens (primary N) is 1. The second kappa shape index (κ2) is 7.36. The lowest BCUT2D eigenvalue weighted by molar-refractivity contribution is -0.387. The second-order valence-electron chi connectivity index (χ2n) is 5.35. The Morgan fingerprint density at radius 3 is 2.64 bits per heavy atom. The van der Waals surface area contributed by atoms with Gasteiger partial charge in [-0.05, 0) is 31.7 Å². The van der Waals surface area contributed by atoms with Crippen molar-refractivity contribution in [3.63, 3.8) is 0 Å². The van der Waals surface area contributed by atoms with E-state index in [-0.39, 0.29) is 34.9 Å². The second-order valence-corrected chi connectivity index (χ2v) is 7.26. The van der Waals surface area contributed by atoms with E-state index >= 15 is 0 Å². The average Bonchev–Trinajstić information content (AvgIpc) is 2.47. The van der Waals surface area contributed by atoms with Crippen LogP contribution in [0.2, 0.25) is 0 Å². The minimum Gasteiger partial charge on any atom is -0.328 e. The van der Waals surface area contributed by atoms with Crippen LogP contribution in [0.3, 0.4) is 0 Å². The summed E-state index contributed by atoms with van der Waals surface area (Å²) in [5.74, 6) is 0.0799. The summed E-state index contributed by atoms with van der Waals surface area (Å²) in [7, 11) is -3.87. The molecule has 0 bridgehead atoms. The number of halogens is 1. The molecule has 1 heterocycles. The van der Waals surface area contributed by atoms with Crippen molar-refractivity contribution in [3.05, 3.63) is 34.4 Å². The van der Waals surface area contributed by atoms with Crippen molar-refractivity contribution in [2.45, 2.75) is 30.7 Å². The lowest BCUT2D eigenvalue weighted by Gasteiger charge is -2.33. The number of piperidine rings is 1. The molecular weight excluding hydrogens is 330 g/mol. The van der Waals surface area contributed by atoms with Crippen molar-refractivity contribution in [2.24, 2.45) is 11.7 Å². The van der Waals surface area contributed by atoms with Gasteiger partial charge in [0.15, 0.2) is 4.90 Å². The van der Waals surface area contributed by atoms with E-state index in [1.54, 1.807) is 0 Å². The first kappa shape index (κ1) is 18.8. The van der Waals surface area contributed by atoms with Crippen molar-refractivity contribution in [1.82, 2.24) is 4.31 Å². The third kappa shape index (κ3) is 3.75. The van der Waals surface area contributed by atoms with Gasteiger partial charge in [0.25, 0.3) is 5.69 Å². The molecule has 124 valence electrons. The van der Waals surface area contributed by atoms with Gasteiger partial charge in [0.1, 0.15) is 0 Å². The highest BCUT2D eigenvalue weighted by atomic mass is 35.5. The number of nitro benzene ring substituents is 1. The number of hydrogen-bond acceptors (Lipinski definition) is 5. The van der Waals surface area contributed by atoms with Crippen LogP contribution >= 0.6 is 12.4 Å². The molecule has 1 aromatic rings. The summed E-state index contributed by atoms with van der Waals surface area (Å²) < 4.78 is 26.6. The maximum absolute atomic E-state index is 12.7. The van der Waals surface area contributed by atoms with E-state index in [1.807, 2.05) is 6.92 Å². The molecule has 0 saturated carbocycles. The standard InChI is InChI=1S/C13H19N3O4S.ClH/c1-10(14)11-5-4-8-15(9-11)21(19,20)13-7-3-2-6-12(13)16(17)18;/h2-3,6-7,10-11H,4-5,8-9,14H2,1H3;1H. The number of sulfonamides is 1.